The number of alkyl halides is 3. The quantitative estimate of drug-likeness (QED) is 0.775. The van der Waals surface area contributed by atoms with Gasteiger partial charge in [0.15, 0.2) is 0 Å². The van der Waals surface area contributed by atoms with Crippen LogP contribution in [0.25, 0.3) is 10.9 Å². The van der Waals surface area contributed by atoms with E-state index in [4.69, 9.17) is 4.74 Å². The molecule has 1 atom stereocenters. The number of hydrogen-bond acceptors (Lipinski definition) is 3. The second kappa shape index (κ2) is 6.13. The first-order valence-corrected chi connectivity index (χ1v) is 7.19. The molecular formula is C18H14F3NO2. The Kier molecular flexibility index (Phi) is 4.15. The Hall–Kier alpha value is -2.60. The predicted molar refractivity (Wildman–Crippen MR) is 83.8 cm³/mol. The van der Waals surface area contributed by atoms with E-state index in [1.165, 1.54) is 13.2 Å². The fraction of sp³-hybridized carbons (Fsp3) is 0.167. The van der Waals surface area contributed by atoms with Crippen LogP contribution in [0.3, 0.4) is 0 Å². The molecule has 1 N–H and O–H groups in total. The van der Waals surface area contributed by atoms with E-state index in [1.54, 1.807) is 42.5 Å². The largest absolute Gasteiger partial charge is 0.496 e. The van der Waals surface area contributed by atoms with Gasteiger partial charge in [0.1, 0.15) is 17.5 Å². The minimum Gasteiger partial charge on any atom is -0.496 e. The molecule has 0 bridgehead atoms. The fourth-order valence-corrected chi connectivity index (χ4v) is 2.63. The van der Waals surface area contributed by atoms with Gasteiger partial charge in [-0.2, -0.15) is 13.2 Å². The zero-order valence-electron chi connectivity index (χ0n) is 12.7. The highest BCUT2D eigenvalue weighted by atomic mass is 19.4. The Morgan fingerprint density at radius 2 is 1.67 bits per heavy atom. The zero-order chi connectivity index (χ0) is 17.3. The van der Waals surface area contributed by atoms with Crippen molar-refractivity contribution in [2.24, 2.45) is 0 Å². The minimum atomic E-state index is -4.60. The number of fused-ring (bicyclic) bond motifs is 1. The molecule has 6 heteroatoms. The van der Waals surface area contributed by atoms with Crippen molar-refractivity contribution < 1.29 is 23.0 Å². The van der Waals surface area contributed by atoms with E-state index in [9.17, 15) is 18.3 Å². The van der Waals surface area contributed by atoms with Crippen LogP contribution < -0.4 is 4.74 Å². The first-order chi connectivity index (χ1) is 11.4. The topological polar surface area (TPSA) is 42.4 Å². The molecular weight excluding hydrogens is 319 g/mol. The van der Waals surface area contributed by atoms with Crippen molar-refractivity contribution in [2.45, 2.75) is 12.3 Å². The molecule has 0 spiro atoms. The molecule has 0 aliphatic rings. The van der Waals surface area contributed by atoms with Crippen LogP contribution in [0.1, 0.15) is 22.9 Å². The van der Waals surface area contributed by atoms with Gasteiger partial charge in [-0.15, -0.1) is 0 Å². The number of aliphatic hydroxyl groups excluding tert-OH is 1. The van der Waals surface area contributed by atoms with Crippen LogP contribution in [0, 0.1) is 0 Å². The summed E-state index contributed by atoms with van der Waals surface area (Å²) in [4.78, 5) is 3.66. The molecule has 0 fully saturated rings. The molecule has 3 nitrogen and oxygen atoms in total. The molecule has 3 rings (SSSR count). The third kappa shape index (κ3) is 2.92. The van der Waals surface area contributed by atoms with Gasteiger partial charge in [-0.3, -0.25) is 0 Å². The van der Waals surface area contributed by atoms with Gasteiger partial charge in [0.2, 0.25) is 0 Å². The Labute approximate surface area is 136 Å². The third-order valence-electron chi connectivity index (χ3n) is 3.77. The van der Waals surface area contributed by atoms with E-state index >= 15 is 0 Å². The van der Waals surface area contributed by atoms with Crippen LogP contribution in [0.2, 0.25) is 0 Å². The summed E-state index contributed by atoms with van der Waals surface area (Å²) >= 11 is 0. The number of pyridine rings is 1. The van der Waals surface area contributed by atoms with Crippen LogP contribution >= 0.6 is 0 Å². The number of aromatic nitrogens is 1. The molecule has 1 aromatic heterocycles. The predicted octanol–water partition coefficient (Wildman–Crippen LogP) is 4.34. The number of benzene rings is 2. The van der Waals surface area contributed by atoms with Gasteiger partial charge >= 0.3 is 6.18 Å². The second-order valence-electron chi connectivity index (χ2n) is 5.26. The van der Waals surface area contributed by atoms with Gasteiger partial charge in [-0.05, 0) is 23.8 Å². The van der Waals surface area contributed by atoms with Crippen molar-refractivity contribution in [1.82, 2.24) is 4.98 Å². The molecule has 1 unspecified atom stereocenters. The summed E-state index contributed by atoms with van der Waals surface area (Å²) in [6, 6.07) is 14.0. The Morgan fingerprint density at radius 3 is 2.38 bits per heavy atom. The van der Waals surface area contributed by atoms with Gasteiger partial charge in [0.25, 0.3) is 0 Å². The minimum absolute atomic E-state index is 0.137. The lowest BCUT2D eigenvalue weighted by Crippen LogP contribution is -2.11. The van der Waals surface area contributed by atoms with Gasteiger partial charge < -0.3 is 9.84 Å². The molecule has 2 aromatic carbocycles. The number of rotatable bonds is 3. The second-order valence-corrected chi connectivity index (χ2v) is 5.26. The molecule has 0 aliphatic heterocycles. The van der Waals surface area contributed by atoms with E-state index in [1.807, 2.05) is 0 Å². The Bertz CT molecular complexity index is 878. The lowest BCUT2D eigenvalue weighted by Gasteiger charge is -2.18. The van der Waals surface area contributed by atoms with E-state index in [0.29, 0.717) is 16.7 Å². The summed E-state index contributed by atoms with van der Waals surface area (Å²) in [6.45, 7) is 0. The average molecular weight is 333 g/mol. The van der Waals surface area contributed by atoms with Crippen LogP contribution in [0.4, 0.5) is 13.2 Å². The summed E-state index contributed by atoms with van der Waals surface area (Å²) in [5.74, 6) is 0.402. The van der Waals surface area contributed by atoms with Gasteiger partial charge in [0, 0.05) is 10.9 Å². The zero-order valence-corrected chi connectivity index (χ0v) is 12.7. The average Bonchev–Trinajstić information content (AvgIpc) is 2.59. The van der Waals surface area contributed by atoms with Crippen LogP contribution in [-0.2, 0) is 6.18 Å². The molecule has 1 heterocycles. The number of nitrogens with zero attached hydrogens (tertiary/aromatic N) is 1. The lowest BCUT2D eigenvalue weighted by molar-refractivity contribution is -0.141. The molecule has 0 saturated carbocycles. The van der Waals surface area contributed by atoms with Crippen molar-refractivity contribution in [3.8, 4) is 5.75 Å². The number of ether oxygens (including phenoxy) is 1. The van der Waals surface area contributed by atoms with Crippen molar-refractivity contribution in [1.29, 1.82) is 0 Å². The number of aliphatic hydroxyl groups is 1. The third-order valence-corrected chi connectivity index (χ3v) is 3.77. The van der Waals surface area contributed by atoms with Gasteiger partial charge in [-0.25, -0.2) is 4.98 Å². The number of para-hydroxylation sites is 2. The SMILES string of the molecule is COc1ccccc1C(O)c1cc(C(F)(F)F)nc2ccccc12. The highest BCUT2D eigenvalue weighted by molar-refractivity contribution is 5.83. The van der Waals surface area contributed by atoms with Crippen molar-refractivity contribution in [3.63, 3.8) is 0 Å². The molecule has 0 saturated heterocycles. The Balaban J connectivity index is 2.24. The van der Waals surface area contributed by atoms with Gasteiger partial charge in [0.05, 0.1) is 12.6 Å². The highest BCUT2D eigenvalue weighted by Crippen LogP contribution is 2.37. The first-order valence-electron chi connectivity index (χ1n) is 7.19. The molecule has 24 heavy (non-hydrogen) atoms. The lowest BCUT2D eigenvalue weighted by atomic mass is 9.96. The maximum atomic E-state index is 13.1. The van der Waals surface area contributed by atoms with Crippen molar-refractivity contribution in [2.75, 3.05) is 7.11 Å². The highest BCUT2D eigenvalue weighted by Gasteiger charge is 2.34. The van der Waals surface area contributed by atoms with Gasteiger partial charge in [-0.1, -0.05) is 36.4 Å². The number of halogens is 3. The summed E-state index contributed by atoms with van der Waals surface area (Å²) in [5.41, 5.74) is -0.330. The van der Waals surface area contributed by atoms with E-state index in [-0.39, 0.29) is 11.1 Å². The number of methoxy groups -OCH3 is 1. The maximum Gasteiger partial charge on any atom is 0.433 e. The smallest absolute Gasteiger partial charge is 0.433 e. The molecule has 3 aromatic rings. The molecule has 0 radical (unpaired) electrons. The summed E-state index contributed by atoms with van der Waals surface area (Å²) < 4.78 is 44.6. The first kappa shape index (κ1) is 16.3. The molecule has 0 aliphatic carbocycles. The normalized spacial score (nSPS) is 13.0. The van der Waals surface area contributed by atoms with Crippen LogP contribution in [-0.4, -0.2) is 17.2 Å². The van der Waals surface area contributed by atoms with Crippen LogP contribution in [0.15, 0.2) is 54.6 Å². The maximum absolute atomic E-state index is 13.1. The summed E-state index contributed by atoms with van der Waals surface area (Å²) in [7, 11) is 1.44. The van der Waals surface area contributed by atoms with E-state index in [0.717, 1.165) is 6.07 Å². The van der Waals surface area contributed by atoms with Crippen LogP contribution in [0.5, 0.6) is 5.75 Å². The van der Waals surface area contributed by atoms with E-state index < -0.39 is 18.0 Å². The van der Waals surface area contributed by atoms with Crippen molar-refractivity contribution >= 4 is 10.9 Å². The van der Waals surface area contributed by atoms with E-state index in [2.05, 4.69) is 4.98 Å². The number of hydrogen-bond donors (Lipinski definition) is 1. The monoisotopic (exact) mass is 333 g/mol. The fourth-order valence-electron chi connectivity index (χ4n) is 2.63. The summed E-state index contributed by atoms with van der Waals surface area (Å²) in [5, 5.41) is 11.2. The molecule has 124 valence electrons. The Morgan fingerprint density at radius 1 is 1.00 bits per heavy atom. The van der Waals surface area contributed by atoms with Crippen molar-refractivity contribution in [3.05, 3.63) is 71.4 Å². The summed E-state index contributed by atoms with van der Waals surface area (Å²) in [6.07, 6.45) is -5.87. The standard InChI is InChI=1S/C18H14F3NO2/c1-24-15-9-5-3-7-12(15)17(23)13-10-16(18(19,20)21)22-14-8-4-2-6-11(13)14/h2-10,17,23H,1H3. The molecule has 0 amide bonds.